The molecule has 4 nitrogen and oxygen atoms in total. The first-order chi connectivity index (χ1) is 8.73. The fraction of sp³-hybridized carbons (Fsp3) is 0.417. The smallest absolute Gasteiger partial charge is 0.467 e. The van der Waals surface area contributed by atoms with Gasteiger partial charge in [0.15, 0.2) is 0 Å². The van der Waals surface area contributed by atoms with Crippen LogP contribution in [0, 0.1) is 0 Å². The van der Waals surface area contributed by atoms with Crippen molar-refractivity contribution in [2.75, 3.05) is 14.2 Å². The van der Waals surface area contributed by atoms with Crippen LogP contribution in [0.25, 0.3) is 0 Å². The van der Waals surface area contributed by atoms with Gasteiger partial charge < -0.3 is 14.8 Å². The zero-order valence-corrected chi connectivity index (χ0v) is 10.7. The van der Waals surface area contributed by atoms with Crippen LogP contribution in [-0.2, 0) is 15.1 Å². The number of rotatable bonds is 4. The summed E-state index contributed by atoms with van der Waals surface area (Å²) in [6.07, 6.45) is -4.74. The van der Waals surface area contributed by atoms with Gasteiger partial charge in [-0.05, 0) is 31.7 Å². The summed E-state index contributed by atoms with van der Waals surface area (Å²) < 4.78 is 44.5. The van der Waals surface area contributed by atoms with Gasteiger partial charge in [0.25, 0.3) is 0 Å². The molecule has 0 amide bonds. The molecular formula is C12H14F3NO3. The molecule has 0 saturated heterocycles. The average molecular weight is 277 g/mol. The van der Waals surface area contributed by atoms with Gasteiger partial charge in [0, 0.05) is 0 Å². The molecule has 19 heavy (non-hydrogen) atoms. The number of benzene rings is 1. The standard InChI is InChI=1S/C12H14F3NO3/c1-11(16-2,10(17)18-3)8-4-6-9(7-5-8)19-12(13,14)15/h4-7,16H,1-3H3. The quantitative estimate of drug-likeness (QED) is 0.857. The minimum Gasteiger partial charge on any atom is -0.467 e. The van der Waals surface area contributed by atoms with E-state index in [4.69, 9.17) is 0 Å². The Morgan fingerprint density at radius 1 is 1.21 bits per heavy atom. The number of carbonyl (C=O) groups is 1. The van der Waals surface area contributed by atoms with Crippen molar-refractivity contribution in [1.29, 1.82) is 0 Å². The second-order valence-corrected chi connectivity index (χ2v) is 3.94. The molecule has 0 aliphatic heterocycles. The summed E-state index contributed by atoms with van der Waals surface area (Å²) in [5.41, 5.74) is -0.665. The molecule has 0 fully saturated rings. The Morgan fingerprint density at radius 2 is 1.74 bits per heavy atom. The van der Waals surface area contributed by atoms with Crippen molar-refractivity contribution in [2.45, 2.75) is 18.8 Å². The summed E-state index contributed by atoms with van der Waals surface area (Å²) in [5, 5.41) is 2.78. The number of methoxy groups -OCH3 is 1. The van der Waals surface area contributed by atoms with Gasteiger partial charge in [-0.15, -0.1) is 13.2 Å². The molecular weight excluding hydrogens is 263 g/mol. The lowest BCUT2D eigenvalue weighted by molar-refractivity contribution is -0.274. The number of esters is 1. The topological polar surface area (TPSA) is 47.6 Å². The van der Waals surface area contributed by atoms with Gasteiger partial charge in [-0.3, -0.25) is 0 Å². The molecule has 0 aliphatic rings. The predicted octanol–water partition coefficient (Wildman–Crippen LogP) is 2.19. The van der Waals surface area contributed by atoms with E-state index in [1.54, 1.807) is 14.0 Å². The Morgan fingerprint density at radius 3 is 2.11 bits per heavy atom. The molecule has 106 valence electrons. The number of hydrogen-bond donors (Lipinski definition) is 1. The van der Waals surface area contributed by atoms with E-state index in [0.29, 0.717) is 5.56 Å². The summed E-state index contributed by atoms with van der Waals surface area (Å²) >= 11 is 0. The van der Waals surface area contributed by atoms with Crippen molar-refractivity contribution in [3.8, 4) is 5.75 Å². The highest BCUT2D eigenvalue weighted by atomic mass is 19.4. The van der Waals surface area contributed by atoms with Gasteiger partial charge in [0.1, 0.15) is 11.3 Å². The van der Waals surface area contributed by atoms with E-state index in [-0.39, 0.29) is 5.75 Å². The maximum Gasteiger partial charge on any atom is 0.573 e. The molecule has 1 aromatic rings. The van der Waals surface area contributed by atoms with E-state index in [2.05, 4.69) is 14.8 Å². The lowest BCUT2D eigenvalue weighted by atomic mass is 9.92. The molecule has 1 unspecified atom stereocenters. The molecule has 0 aliphatic carbocycles. The molecule has 1 atom stereocenters. The monoisotopic (exact) mass is 277 g/mol. The summed E-state index contributed by atoms with van der Waals surface area (Å²) in [6, 6.07) is 5.02. The average Bonchev–Trinajstić information content (AvgIpc) is 2.35. The molecule has 1 aromatic carbocycles. The number of ether oxygens (including phenoxy) is 2. The summed E-state index contributed by atoms with van der Waals surface area (Å²) in [4.78, 5) is 11.7. The first kappa shape index (κ1) is 15.3. The summed E-state index contributed by atoms with van der Waals surface area (Å²) in [6.45, 7) is 1.57. The van der Waals surface area contributed by atoms with Crippen LogP contribution in [0.3, 0.4) is 0 Å². The van der Waals surface area contributed by atoms with Crippen LogP contribution in [-0.4, -0.2) is 26.5 Å². The zero-order chi connectivity index (χ0) is 14.7. The maximum absolute atomic E-state index is 12.0. The first-order valence-electron chi connectivity index (χ1n) is 5.36. The second kappa shape index (κ2) is 5.48. The Hall–Kier alpha value is -1.76. The fourth-order valence-electron chi connectivity index (χ4n) is 1.56. The second-order valence-electron chi connectivity index (χ2n) is 3.94. The molecule has 0 saturated carbocycles. The van der Waals surface area contributed by atoms with E-state index in [1.807, 2.05) is 0 Å². The number of halogens is 3. The van der Waals surface area contributed by atoms with Crippen LogP contribution in [0.5, 0.6) is 5.75 Å². The minimum atomic E-state index is -4.74. The lowest BCUT2D eigenvalue weighted by Gasteiger charge is -2.26. The molecule has 1 rings (SSSR count). The maximum atomic E-state index is 12.0. The highest BCUT2D eigenvalue weighted by Gasteiger charge is 2.35. The molecule has 0 aromatic heterocycles. The van der Waals surface area contributed by atoms with E-state index >= 15 is 0 Å². The number of carbonyl (C=O) groups excluding carboxylic acids is 1. The molecule has 0 radical (unpaired) electrons. The van der Waals surface area contributed by atoms with Gasteiger partial charge in [0.05, 0.1) is 7.11 Å². The van der Waals surface area contributed by atoms with Gasteiger partial charge in [0.2, 0.25) is 0 Å². The summed E-state index contributed by atoms with van der Waals surface area (Å²) in [5.74, 6) is -0.890. The Bertz CT molecular complexity index is 445. The molecule has 7 heteroatoms. The fourth-order valence-corrected chi connectivity index (χ4v) is 1.56. The highest BCUT2D eigenvalue weighted by Crippen LogP contribution is 2.27. The van der Waals surface area contributed by atoms with Gasteiger partial charge in [-0.25, -0.2) is 4.79 Å². The SMILES string of the molecule is CNC(C)(C(=O)OC)c1ccc(OC(F)(F)F)cc1. The summed E-state index contributed by atoms with van der Waals surface area (Å²) in [7, 11) is 2.79. The Kier molecular flexibility index (Phi) is 4.41. The number of hydrogen-bond acceptors (Lipinski definition) is 4. The minimum absolute atomic E-state index is 0.348. The Balaban J connectivity index is 3.00. The number of likely N-dealkylation sites (N-methyl/N-ethyl adjacent to an activating group) is 1. The Labute approximate surface area is 108 Å². The van der Waals surface area contributed by atoms with Crippen molar-refractivity contribution in [3.05, 3.63) is 29.8 Å². The van der Waals surface area contributed by atoms with Crippen molar-refractivity contribution in [3.63, 3.8) is 0 Å². The van der Waals surface area contributed by atoms with Crippen molar-refractivity contribution in [2.24, 2.45) is 0 Å². The largest absolute Gasteiger partial charge is 0.573 e. The highest BCUT2D eigenvalue weighted by molar-refractivity contribution is 5.82. The van der Waals surface area contributed by atoms with Crippen LogP contribution >= 0.6 is 0 Å². The van der Waals surface area contributed by atoms with Crippen LogP contribution in [0.4, 0.5) is 13.2 Å². The number of alkyl halides is 3. The van der Waals surface area contributed by atoms with Crippen LogP contribution < -0.4 is 10.1 Å². The predicted molar refractivity (Wildman–Crippen MR) is 61.6 cm³/mol. The third-order valence-corrected chi connectivity index (χ3v) is 2.76. The van der Waals surface area contributed by atoms with Crippen molar-refractivity contribution < 1.29 is 27.4 Å². The van der Waals surface area contributed by atoms with Crippen LogP contribution in [0.1, 0.15) is 12.5 Å². The van der Waals surface area contributed by atoms with E-state index in [1.165, 1.54) is 19.2 Å². The van der Waals surface area contributed by atoms with E-state index in [0.717, 1.165) is 12.1 Å². The normalized spacial score (nSPS) is 14.6. The molecule has 0 spiro atoms. The van der Waals surface area contributed by atoms with E-state index < -0.39 is 17.9 Å². The molecule has 0 bridgehead atoms. The first-order valence-corrected chi connectivity index (χ1v) is 5.36. The molecule has 0 heterocycles. The zero-order valence-electron chi connectivity index (χ0n) is 10.7. The third kappa shape index (κ3) is 3.60. The third-order valence-electron chi connectivity index (χ3n) is 2.76. The van der Waals surface area contributed by atoms with E-state index in [9.17, 15) is 18.0 Å². The van der Waals surface area contributed by atoms with Crippen LogP contribution in [0.2, 0.25) is 0 Å². The van der Waals surface area contributed by atoms with Gasteiger partial charge >= 0.3 is 12.3 Å². The number of nitrogens with one attached hydrogen (secondary N) is 1. The van der Waals surface area contributed by atoms with Gasteiger partial charge in [-0.1, -0.05) is 12.1 Å². The van der Waals surface area contributed by atoms with Crippen molar-refractivity contribution in [1.82, 2.24) is 5.32 Å². The van der Waals surface area contributed by atoms with Gasteiger partial charge in [-0.2, -0.15) is 0 Å². The van der Waals surface area contributed by atoms with Crippen molar-refractivity contribution >= 4 is 5.97 Å². The molecule has 1 N–H and O–H groups in total. The lowest BCUT2D eigenvalue weighted by Crippen LogP contribution is -2.45. The van der Waals surface area contributed by atoms with Crippen LogP contribution in [0.15, 0.2) is 24.3 Å².